The number of primary amides is 2. The van der Waals surface area contributed by atoms with Gasteiger partial charge in [-0.25, -0.2) is 4.79 Å². The Morgan fingerprint density at radius 3 is 1.22 bits per heavy atom. The summed E-state index contributed by atoms with van der Waals surface area (Å²) in [4.78, 5) is 189. The summed E-state index contributed by atoms with van der Waals surface area (Å²) in [6.07, 6.45) is 11.7. The van der Waals surface area contributed by atoms with Crippen LogP contribution in [0.1, 0.15) is 238 Å². The summed E-state index contributed by atoms with van der Waals surface area (Å²) in [5.41, 5.74) is 60.0. The fraction of sp³-hybridized carbons (Fsp3) is 0.610. The van der Waals surface area contributed by atoms with Crippen LogP contribution in [0.4, 0.5) is 16.2 Å². The molecule has 0 saturated carbocycles. The van der Waals surface area contributed by atoms with E-state index in [1.165, 1.54) is 39.3 Å². The first-order chi connectivity index (χ1) is 69.1. The van der Waals surface area contributed by atoms with Gasteiger partial charge in [-0.3, -0.25) is 100 Å². The molecule has 38 N–H and O–H groups in total. The van der Waals surface area contributed by atoms with Gasteiger partial charge in [0.15, 0.2) is 70.6 Å². The van der Waals surface area contributed by atoms with E-state index in [2.05, 4.69) is 194 Å². The van der Waals surface area contributed by atoms with Crippen molar-refractivity contribution >= 4 is 147 Å². The number of carbonyl (C=O) groups excluding carboxylic acids is 13. The summed E-state index contributed by atoms with van der Waals surface area (Å²) in [6.45, 7) is 21.2. The monoisotopic (exact) mass is 2050 g/mol. The minimum Gasteiger partial charge on any atom is -0.370 e. The molecule has 10 amide bonds. The summed E-state index contributed by atoms with van der Waals surface area (Å²) < 4.78 is 2.38. The Labute approximate surface area is 861 Å². The third-order valence-electron chi connectivity index (χ3n) is 26.1. The number of imide groups is 1. The molecule has 3 heterocycles. The summed E-state index contributed by atoms with van der Waals surface area (Å²) in [5, 5.41) is 88.7. The molecule has 3 aliphatic rings. The topological polar surface area (TPSA) is 789 Å². The molecule has 2 aromatic rings. The average Bonchev–Trinajstić information content (AvgIpc) is 1.60. The van der Waals surface area contributed by atoms with E-state index in [0.717, 1.165) is 48.3 Å². The molecule has 0 spiro atoms. The molecular weight excluding hydrogens is 1890 g/mol. The van der Waals surface area contributed by atoms with Gasteiger partial charge in [0.2, 0.25) is 52.9 Å². The molecule has 46 heteroatoms. The number of unbranched alkanes of at least 4 members (excludes halogenated alkanes) is 2. The number of aryl methyl sites for hydroxylation is 2. The number of Topliss-reactive ketones (excluding diaryl/α,β-unsaturated/α-hetero) is 4. The molecule has 2 aromatic carbocycles. The van der Waals surface area contributed by atoms with Crippen molar-refractivity contribution in [3.63, 3.8) is 0 Å². The van der Waals surface area contributed by atoms with Gasteiger partial charge in [0.25, 0.3) is 0 Å². The van der Waals surface area contributed by atoms with E-state index in [-0.39, 0.29) is 208 Å². The lowest BCUT2D eigenvalue weighted by molar-refractivity contribution is -0.433. The number of fused-ring (bicyclic) bond motifs is 2. The van der Waals surface area contributed by atoms with Crippen LogP contribution in [0.3, 0.4) is 0 Å². The number of rotatable bonds is 71. The number of guanidine groups is 7. The van der Waals surface area contributed by atoms with Crippen molar-refractivity contribution < 1.29 is 66.9 Å². The number of allylic oxidation sites excluding steroid dienone is 6. The number of ketones is 4. The van der Waals surface area contributed by atoms with Crippen molar-refractivity contribution in [2.75, 3.05) is 89.2 Å². The molecule has 3 aliphatic heterocycles. The molecule has 45 nitrogen and oxygen atoms in total. The highest BCUT2D eigenvalue weighted by Gasteiger charge is 2.46. The Kier molecular flexibility index (Phi) is 52.8. The number of thioether (sulfide) groups is 1. The van der Waals surface area contributed by atoms with Crippen molar-refractivity contribution in [3.8, 4) is 0 Å². The van der Waals surface area contributed by atoms with E-state index in [0.29, 0.717) is 32.2 Å². The first-order valence-electron chi connectivity index (χ1n) is 50.7. The smallest absolute Gasteiger partial charge is 0.312 e. The van der Waals surface area contributed by atoms with Crippen molar-refractivity contribution in [1.29, 1.82) is 37.9 Å². The Hall–Kier alpha value is -13.7. The van der Waals surface area contributed by atoms with E-state index in [1.54, 1.807) is 0 Å². The average molecular weight is 2060 g/mol. The number of nitrogens with two attached hydrogens (primary N) is 9. The van der Waals surface area contributed by atoms with E-state index in [9.17, 15) is 38.4 Å². The second-order valence-electron chi connectivity index (χ2n) is 39.2. The van der Waals surface area contributed by atoms with Gasteiger partial charge in [-0.2, -0.15) is 4.58 Å². The van der Waals surface area contributed by atoms with Crippen LogP contribution in [0, 0.1) is 87.2 Å². The second-order valence-corrected chi connectivity index (χ2v) is 40.4. The van der Waals surface area contributed by atoms with Crippen molar-refractivity contribution in [2.45, 2.75) is 270 Å². The molecule has 808 valence electrons. The van der Waals surface area contributed by atoms with Gasteiger partial charge in [-0.1, -0.05) is 81.7 Å². The van der Waals surface area contributed by atoms with Gasteiger partial charge in [0.05, 0.1) is 40.8 Å². The zero-order valence-electron chi connectivity index (χ0n) is 86.5. The summed E-state index contributed by atoms with van der Waals surface area (Å²) in [6, 6.07) is 6.82. The molecule has 0 aromatic heterocycles. The molecule has 1 unspecified atom stereocenters. The predicted octanol–water partition coefficient (Wildman–Crippen LogP) is 2.71. The van der Waals surface area contributed by atoms with Gasteiger partial charge in [0.1, 0.15) is 6.54 Å². The number of anilines is 1. The normalized spacial score (nSPS) is 16.0. The van der Waals surface area contributed by atoms with E-state index < -0.39 is 179 Å². The molecule has 0 radical (unpaired) electrons. The van der Waals surface area contributed by atoms with Gasteiger partial charge < -0.3 is 126 Å². The third-order valence-corrected chi connectivity index (χ3v) is 27.5. The molecule has 0 bridgehead atoms. The first-order valence-corrected chi connectivity index (χ1v) is 51.7. The molecule has 146 heavy (non-hydrogen) atoms. The molecule has 1 saturated heterocycles. The highest BCUT2D eigenvalue weighted by atomic mass is 32.2. The van der Waals surface area contributed by atoms with Crippen LogP contribution in [0.15, 0.2) is 72.5 Å². The molecule has 10 atom stereocenters. The van der Waals surface area contributed by atoms with Gasteiger partial charge >= 0.3 is 6.03 Å². The SMILES string of the molecule is CC[N+]1=C(/C=C/C=C/C=C2/N(CCCCCC(=O)NCCN3C(=O)CC(SC[C@@H](CC(=O)[C@@H](CCCNC(=N)N)NC(=O)[C@@H](CCCNC(=N)N)CC(=O)[C@@H](CCCNC(N)=O)NC(=O)[C@@H](CCCNC(=N)N)CC(=O)[C@@H](CCCNC(=N)N)NC(=O)[C@@H](CCCNC(=N)N)CC(=O)[C@@H](CCCNC(=N)N)NC(=O)[C@@H](CCCNC(=N)N)CC(C)C)C(N)=O)C3=O)c3ccc(C)cc3C2(C)C)C(C)(C)c2cc(C)ccc21. The lowest BCUT2D eigenvalue weighted by Crippen LogP contribution is -2.49. The van der Waals surface area contributed by atoms with Crippen LogP contribution < -0.4 is 126 Å². The fourth-order valence-corrected chi connectivity index (χ4v) is 19.7. The van der Waals surface area contributed by atoms with Crippen LogP contribution in [0.5, 0.6) is 0 Å². The quantitative estimate of drug-likeness (QED) is 0.0113. The standard InChI is InChI=1S/C100H164N32O13S/c1-10-130-74-38-36-61(4)52-68(74)99(6,7)81(130)33-13-11-14-34-82-100(8,9)69-53-62(5)37-39-75(69)131(82)49-16-12-15-35-83(137)117-48-50-132-84(138)58-80(90(132)144)146-59-67(85(101)139)57-79(136)73(31-23-46-124-97(114)115)129-89(143)66(28-20-43-121-94(108)109)56-78(135)72(32-24-47-125-98(116)145)128-88(142)65(27-19-42-120-93(106)107)55-77(134)71(30-22-45-123-96(112)113)127-87(141)64(26-18-41-119-92(104)105)54-76(133)70(29-21-44-122-95(110)111)126-86(140)63(51-60(2)3)25-17-40-118-91(102)103/h11,13-14,33-34,36-39,52-53,60,63-67,70-73,80H,10,12,15-32,35,40-51,54-59H2,1-9H3,(H37-,101,102,103,104,105,106,107,108,109,110,111,112,113,114,115,116,117,118,119,120,121,122,123,124,125,126,127,128,129,137,139,140,141,142,143,145)/p+1/t63-,64-,65-,66-,67+,70+,71+,72+,73+,80?/m0/s1. The largest absolute Gasteiger partial charge is 0.370 e. The number of benzene rings is 2. The van der Waals surface area contributed by atoms with Gasteiger partial charge in [0, 0.05) is 174 Å². The Balaban J connectivity index is 1.33. The molecule has 1 fully saturated rings. The van der Waals surface area contributed by atoms with Crippen molar-refractivity contribution in [2.24, 2.45) is 87.1 Å². The maximum absolute atomic E-state index is 15.2. The number of hydrogen-bond acceptors (Lipinski definition) is 22. The van der Waals surface area contributed by atoms with E-state index in [1.807, 2.05) is 13.8 Å². The first kappa shape index (κ1) is 123. The number of hydrogen-bond donors (Lipinski definition) is 29. The zero-order valence-corrected chi connectivity index (χ0v) is 87.3. The number of amides is 10. The molecule has 0 aliphatic carbocycles. The summed E-state index contributed by atoms with van der Waals surface area (Å²) in [7, 11) is 0. The van der Waals surface area contributed by atoms with Crippen LogP contribution >= 0.6 is 11.8 Å². The van der Waals surface area contributed by atoms with E-state index >= 15 is 24.0 Å². The lowest BCUT2D eigenvalue weighted by Gasteiger charge is -2.27. The number of carbonyl (C=O) groups is 13. The minimum absolute atomic E-state index is 0.0111. The Bertz CT molecular complexity index is 5020. The van der Waals surface area contributed by atoms with Gasteiger partial charge in [-0.05, 0) is 186 Å². The predicted molar refractivity (Wildman–Crippen MR) is 570 cm³/mol. The Morgan fingerprint density at radius 1 is 0.438 bits per heavy atom. The molecule has 5 rings (SSSR count). The fourth-order valence-electron chi connectivity index (χ4n) is 18.4. The number of urea groups is 1. The van der Waals surface area contributed by atoms with Crippen molar-refractivity contribution in [3.05, 3.63) is 94.7 Å². The van der Waals surface area contributed by atoms with Gasteiger partial charge in [-0.15, -0.1) is 11.8 Å². The maximum atomic E-state index is 15.2. The number of nitrogens with zero attached hydrogens (tertiary/aromatic N) is 3. The second kappa shape index (κ2) is 62.9. The van der Waals surface area contributed by atoms with Crippen LogP contribution in [0.25, 0.3) is 0 Å². The lowest BCUT2D eigenvalue weighted by atomic mass is 9.81. The Morgan fingerprint density at radius 2 is 0.822 bits per heavy atom. The van der Waals surface area contributed by atoms with E-state index in [4.69, 9.17) is 89.5 Å². The van der Waals surface area contributed by atoms with Crippen LogP contribution in [-0.2, 0) is 68.4 Å². The highest BCUT2D eigenvalue weighted by Crippen LogP contribution is 2.49. The third kappa shape index (κ3) is 42.9. The summed E-state index contributed by atoms with van der Waals surface area (Å²) >= 11 is 0.943. The number of nitrogens with one attached hydrogen (secondary N) is 20. The minimum atomic E-state index is -1.49. The van der Waals surface area contributed by atoms with Crippen LogP contribution in [-0.4, -0.2) is 247 Å². The molecular formula is C100H165N32O13S+. The maximum Gasteiger partial charge on any atom is 0.312 e. The highest BCUT2D eigenvalue weighted by molar-refractivity contribution is 8.00. The van der Waals surface area contributed by atoms with Crippen LogP contribution in [0.2, 0.25) is 0 Å². The van der Waals surface area contributed by atoms with Crippen molar-refractivity contribution in [1.82, 2.24) is 74.0 Å². The zero-order chi connectivity index (χ0) is 109. The summed E-state index contributed by atoms with van der Waals surface area (Å²) in [5.74, 6) is -16.4. The number of likely N-dealkylation sites (tertiary alicyclic amines) is 1.